The van der Waals surface area contributed by atoms with Crippen molar-refractivity contribution < 1.29 is 13.8 Å². The molecule has 1 N–H and O–H groups in total. The average Bonchev–Trinajstić information content (AvgIpc) is 3.12. The molecule has 28 heavy (non-hydrogen) atoms. The highest BCUT2D eigenvalue weighted by Gasteiger charge is 2.58. The molecule has 2 aliphatic rings. The fourth-order valence-corrected chi connectivity index (χ4v) is 4.44. The molecular formula is C20H29ClN4O3. The molecule has 1 atom stereocenters. The third-order valence-corrected chi connectivity index (χ3v) is 6.46. The summed E-state index contributed by atoms with van der Waals surface area (Å²) in [5.74, 6) is 1.91. The van der Waals surface area contributed by atoms with Crippen molar-refractivity contribution in [3.05, 3.63) is 34.0 Å². The van der Waals surface area contributed by atoms with Gasteiger partial charge in [-0.1, -0.05) is 10.3 Å². The van der Waals surface area contributed by atoms with E-state index in [2.05, 4.69) is 15.6 Å². The molecular weight excluding hydrogens is 380 g/mol. The number of hydrogen-bond acceptors (Lipinski definition) is 6. The van der Waals surface area contributed by atoms with Gasteiger partial charge in [0.1, 0.15) is 11.5 Å². The van der Waals surface area contributed by atoms with Crippen molar-refractivity contribution in [1.29, 1.82) is 0 Å². The Morgan fingerprint density at radius 1 is 1.04 bits per heavy atom. The van der Waals surface area contributed by atoms with Crippen LogP contribution in [-0.4, -0.2) is 34.2 Å². The Morgan fingerprint density at radius 3 is 1.96 bits per heavy atom. The Kier molecular flexibility index (Phi) is 5.87. The molecule has 8 heteroatoms. The summed E-state index contributed by atoms with van der Waals surface area (Å²) in [5.41, 5.74) is 3.89. The third-order valence-electron chi connectivity index (χ3n) is 6.46. The second kappa shape index (κ2) is 7.87. The van der Waals surface area contributed by atoms with Gasteiger partial charge in [0.15, 0.2) is 0 Å². The highest BCUT2D eigenvalue weighted by molar-refractivity contribution is 5.85. The van der Waals surface area contributed by atoms with E-state index >= 15 is 0 Å². The lowest BCUT2D eigenvalue weighted by Gasteiger charge is -2.27. The number of amides is 1. The predicted molar refractivity (Wildman–Crippen MR) is 106 cm³/mol. The lowest BCUT2D eigenvalue weighted by atomic mass is 9.91. The van der Waals surface area contributed by atoms with E-state index in [1.807, 2.05) is 32.6 Å². The predicted octanol–water partition coefficient (Wildman–Crippen LogP) is 3.24. The van der Waals surface area contributed by atoms with Crippen LogP contribution in [0.1, 0.15) is 53.3 Å². The fraction of sp³-hybridized carbons (Fsp3) is 0.650. The molecule has 1 aliphatic heterocycles. The van der Waals surface area contributed by atoms with Gasteiger partial charge < -0.3 is 19.3 Å². The Bertz CT molecular complexity index is 767. The summed E-state index contributed by atoms with van der Waals surface area (Å²) >= 11 is 0. The monoisotopic (exact) mass is 408 g/mol. The zero-order chi connectivity index (χ0) is 19.2. The molecule has 2 fully saturated rings. The van der Waals surface area contributed by atoms with Crippen LogP contribution in [0.3, 0.4) is 0 Å². The number of nitrogens with zero attached hydrogens (tertiary/aromatic N) is 3. The largest absolute Gasteiger partial charge is 0.361 e. The number of carbonyl (C=O) groups excluding carboxylic acids is 1. The van der Waals surface area contributed by atoms with Crippen molar-refractivity contribution in [3.63, 3.8) is 0 Å². The Morgan fingerprint density at radius 2 is 1.54 bits per heavy atom. The minimum absolute atomic E-state index is 0. The molecule has 1 aliphatic carbocycles. The van der Waals surface area contributed by atoms with Crippen molar-refractivity contribution >= 4 is 18.3 Å². The Balaban J connectivity index is 0.00000225. The summed E-state index contributed by atoms with van der Waals surface area (Å²) in [6.07, 6.45) is 3.19. The van der Waals surface area contributed by atoms with Gasteiger partial charge in [0.05, 0.1) is 24.5 Å². The van der Waals surface area contributed by atoms with E-state index in [0.717, 1.165) is 66.4 Å². The maximum atomic E-state index is 13.5. The van der Waals surface area contributed by atoms with Gasteiger partial charge in [0.2, 0.25) is 5.91 Å². The molecule has 2 aromatic rings. The van der Waals surface area contributed by atoms with Gasteiger partial charge in [-0.25, -0.2) is 0 Å². The Labute approximate surface area is 171 Å². The van der Waals surface area contributed by atoms with Crippen LogP contribution in [-0.2, 0) is 17.9 Å². The average molecular weight is 409 g/mol. The van der Waals surface area contributed by atoms with Crippen LogP contribution in [0, 0.1) is 39.0 Å². The van der Waals surface area contributed by atoms with Crippen molar-refractivity contribution in [2.75, 3.05) is 13.1 Å². The number of aromatic nitrogens is 2. The molecule has 7 nitrogen and oxygen atoms in total. The summed E-state index contributed by atoms with van der Waals surface area (Å²) in [6.45, 7) is 10.7. The molecule has 1 saturated heterocycles. The number of carbonyl (C=O) groups is 1. The third kappa shape index (κ3) is 3.70. The van der Waals surface area contributed by atoms with E-state index in [-0.39, 0.29) is 29.6 Å². The molecule has 1 amide bonds. The molecule has 4 rings (SSSR count). The second-order valence-corrected chi connectivity index (χ2v) is 8.17. The minimum atomic E-state index is 0. The summed E-state index contributed by atoms with van der Waals surface area (Å²) in [6, 6.07) is 0. The molecule has 0 radical (unpaired) electrons. The Hall–Kier alpha value is -1.86. The van der Waals surface area contributed by atoms with Gasteiger partial charge in [-0.15, -0.1) is 12.4 Å². The normalized spacial score (nSPS) is 20.1. The lowest BCUT2D eigenvalue weighted by molar-refractivity contribution is -0.135. The fourth-order valence-electron chi connectivity index (χ4n) is 4.44. The highest BCUT2D eigenvalue weighted by Crippen LogP contribution is 2.59. The second-order valence-electron chi connectivity index (χ2n) is 8.17. The van der Waals surface area contributed by atoms with Crippen molar-refractivity contribution in [3.8, 4) is 0 Å². The molecule has 3 heterocycles. The quantitative estimate of drug-likeness (QED) is 0.817. The number of piperidine rings is 1. The number of nitrogens with one attached hydrogen (secondary N) is 1. The highest BCUT2D eigenvalue weighted by atomic mass is 35.5. The summed E-state index contributed by atoms with van der Waals surface area (Å²) < 4.78 is 10.6. The molecule has 0 aromatic carbocycles. The van der Waals surface area contributed by atoms with Gasteiger partial charge in [-0.3, -0.25) is 4.79 Å². The van der Waals surface area contributed by atoms with E-state index in [9.17, 15) is 4.79 Å². The van der Waals surface area contributed by atoms with Gasteiger partial charge in [-0.2, -0.15) is 0 Å². The van der Waals surface area contributed by atoms with Crippen molar-refractivity contribution in [2.45, 2.75) is 60.0 Å². The van der Waals surface area contributed by atoms with Crippen molar-refractivity contribution in [1.82, 2.24) is 20.5 Å². The SMILES string of the molecule is Cc1noc(C)c1CN(Cc1c(C)noc1C)C(=O)C1CC12CCNCC2.Cl. The van der Waals surface area contributed by atoms with E-state index in [1.54, 1.807) is 0 Å². The first kappa shape index (κ1) is 20.9. The van der Waals surface area contributed by atoms with Gasteiger partial charge in [0.25, 0.3) is 0 Å². The molecule has 1 unspecified atom stereocenters. The van der Waals surface area contributed by atoms with Crippen LogP contribution in [0.4, 0.5) is 0 Å². The molecule has 1 spiro atoms. The van der Waals surface area contributed by atoms with Crippen LogP contribution in [0.25, 0.3) is 0 Å². The van der Waals surface area contributed by atoms with Crippen LogP contribution in [0.15, 0.2) is 9.05 Å². The maximum Gasteiger partial charge on any atom is 0.226 e. The van der Waals surface area contributed by atoms with E-state index in [0.29, 0.717) is 13.1 Å². The molecule has 154 valence electrons. The molecule has 2 aromatic heterocycles. The van der Waals surface area contributed by atoms with E-state index in [4.69, 9.17) is 9.05 Å². The van der Waals surface area contributed by atoms with Crippen LogP contribution < -0.4 is 5.32 Å². The first-order valence-corrected chi connectivity index (χ1v) is 9.74. The van der Waals surface area contributed by atoms with E-state index in [1.165, 1.54) is 0 Å². The maximum absolute atomic E-state index is 13.5. The first-order chi connectivity index (χ1) is 12.9. The van der Waals surface area contributed by atoms with Gasteiger partial charge in [-0.05, 0) is 65.5 Å². The van der Waals surface area contributed by atoms with Crippen LogP contribution in [0.2, 0.25) is 0 Å². The van der Waals surface area contributed by atoms with E-state index < -0.39 is 0 Å². The summed E-state index contributed by atoms with van der Waals surface area (Å²) in [5, 5.41) is 11.5. The van der Waals surface area contributed by atoms with Gasteiger partial charge in [0, 0.05) is 17.0 Å². The minimum Gasteiger partial charge on any atom is -0.361 e. The summed E-state index contributed by atoms with van der Waals surface area (Å²) in [7, 11) is 0. The van der Waals surface area contributed by atoms with Crippen LogP contribution in [0.5, 0.6) is 0 Å². The number of rotatable bonds is 5. The number of hydrogen-bond donors (Lipinski definition) is 1. The number of halogens is 1. The number of aryl methyl sites for hydroxylation is 4. The van der Waals surface area contributed by atoms with Gasteiger partial charge >= 0.3 is 0 Å². The zero-order valence-electron chi connectivity index (χ0n) is 17.0. The standard InChI is InChI=1S/C20H28N4O3.ClH/c1-12-16(14(3)26-22-12)10-24(11-17-13(2)23-27-15(17)4)19(25)18-9-20(18)5-7-21-8-6-20;/h18,21H,5-11H2,1-4H3;1H. The van der Waals surface area contributed by atoms with Crippen LogP contribution >= 0.6 is 12.4 Å². The molecule has 0 bridgehead atoms. The first-order valence-electron chi connectivity index (χ1n) is 9.74. The topological polar surface area (TPSA) is 84.4 Å². The molecule has 1 saturated carbocycles. The zero-order valence-corrected chi connectivity index (χ0v) is 17.8. The smallest absolute Gasteiger partial charge is 0.226 e. The van der Waals surface area contributed by atoms with Crippen molar-refractivity contribution in [2.24, 2.45) is 11.3 Å². The summed E-state index contributed by atoms with van der Waals surface area (Å²) in [4.78, 5) is 15.4. The lowest BCUT2D eigenvalue weighted by Crippen LogP contribution is -2.36.